The van der Waals surface area contributed by atoms with Crippen molar-refractivity contribution in [1.82, 2.24) is 20.3 Å². The summed E-state index contributed by atoms with van der Waals surface area (Å²) < 4.78 is 25.8. The molecule has 0 radical (unpaired) electrons. The number of hydrogen-bond acceptors (Lipinski definition) is 5. The normalized spacial score (nSPS) is 20.6. The zero-order chi connectivity index (χ0) is 27.0. The van der Waals surface area contributed by atoms with Gasteiger partial charge in [-0.15, -0.1) is 0 Å². The second kappa shape index (κ2) is 13.2. The molecule has 2 aromatic rings. The quantitative estimate of drug-likeness (QED) is 0.408. The van der Waals surface area contributed by atoms with Gasteiger partial charge in [-0.2, -0.15) is 0 Å². The average molecular weight is 539 g/mol. The van der Waals surface area contributed by atoms with E-state index >= 15 is 0 Å². The van der Waals surface area contributed by atoms with Crippen molar-refractivity contribution in [1.29, 1.82) is 0 Å². The van der Waals surface area contributed by atoms with Gasteiger partial charge in [-0.25, -0.2) is 13.1 Å². The smallest absolute Gasteiger partial charge is 0.253 e. The molecule has 2 aliphatic rings. The number of hydrogen-bond donors (Lipinski definition) is 3. The van der Waals surface area contributed by atoms with E-state index in [-0.39, 0.29) is 30.2 Å². The molecule has 2 unspecified atom stereocenters. The molecule has 2 amide bonds. The van der Waals surface area contributed by atoms with Crippen LogP contribution in [-0.4, -0.2) is 57.9 Å². The van der Waals surface area contributed by atoms with Gasteiger partial charge < -0.3 is 15.5 Å². The van der Waals surface area contributed by atoms with E-state index in [1.165, 1.54) is 0 Å². The van der Waals surface area contributed by atoms with Crippen LogP contribution in [0.3, 0.4) is 0 Å². The summed E-state index contributed by atoms with van der Waals surface area (Å²) in [5.41, 5.74) is 2.54. The molecule has 0 bridgehead atoms. The number of nitrogens with zero attached hydrogens (tertiary/aromatic N) is 1. The van der Waals surface area contributed by atoms with Crippen molar-refractivity contribution in [2.45, 2.75) is 38.1 Å². The summed E-state index contributed by atoms with van der Waals surface area (Å²) in [5, 5.41) is 7.45. The molecule has 0 spiro atoms. The molecule has 2 fully saturated rings. The standard InChI is InChI=1S/C29H38N4O4S/c1-2-38(36,37)32-20-24-14-16-33(21-24)29(35)26-12-10-25(11-13-26)27(17-23-9-6-15-30-18-23)28(34)31-19-22-7-4-3-5-8-22/h2-5,7-8,10-13,23-24,27,30,32H,1,6,9,14-21H2,(H,31,34)/t23?,24-,27?/m1/s1. The predicted octanol–water partition coefficient (Wildman–Crippen LogP) is 3.00. The SMILES string of the molecule is C=CS(=O)(=O)NC[C@H]1CCN(C(=O)c2ccc(C(CC3CCCNC3)C(=O)NCc3ccccc3)cc2)C1. The lowest BCUT2D eigenvalue weighted by atomic mass is 9.84. The molecule has 4 rings (SSSR count). The Morgan fingerprint density at radius 2 is 1.84 bits per heavy atom. The lowest BCUT2D eigenvalue weighted by Gasteiger charge is -2.27. The Hall–Kier alpha value is -3.01. The second-order valence-corrected chi connectivity index (χ2v) is 12.0. The minimum atomic E-state index is -3.47. The largest absolute Gasteiger partial charge is 0.351 e. The van der Waals surface area contributed by atoms with Crippen LogP contribution >= 0.6 is 0 Å². The summed E-state index contributed by atoms with van der Waals surface area (Å²) >= 11 is 0. The second-order valence-electron chi connectivity index (χ2n) is 10.3. The fraction of sp³-hybridized carbons (Fsp3) is 0.448. The first kappa shape index (κ1) is 28.0. The third-order valence-corrected chi connectivity index (χ3v) is 8.53. The van der Waals surface area contributed by atoms with Gasteiger partial charge in [0.25, 0.3) is 5.91 Å². The molecule has 0 aliphatic carbocycles. The number of benzene rings is 2. The molecule has 2 aromatic carbocycles. The zero-order valence-corrected chi connectivity index (χ0v) is 22.6. The van der Waals surface area contributed by atoms with Crippen LogP contribution in [0.2, 0.25) is 0 Å². The summed E-state index contributed by atoms with van der Waals surface area (Å²) in [6.45, 7) is 7.09. The first-order valence-corrected chi connectivity index (χ1v) is 14.9. The van der Waals surface area contributed by atoms with Crippen molar-refractivity contribution in [2.24, 2.45) is 11.8 Å². The van der Waals surface area contributed by atoms with Crippen LogP contribution in [0.1, 0.15) is 53.1 Å². The van der Waals surface area contributed by atoms with Gasteiger partial charge in [0.2, 0.25) is 15.9 Å². The summed E-state index contributed by atoms with van der Waals surface area (Å²) in [6.07, 6.45) is 3.71. The van der Waals surface area contributed by atoms with Crippen molar-refractivity contribution in [2.75, 3.05) is 32.7 Å². The number of piperidine rings is 1. The molecule has 0 aromatic heterocycles. The van der Waals surface area contributed by atoms with Gasteiger partial charge in [0.1, 0.15) is 0 Å². The van der Waals surface area contributed by atoms with Crippen molar-refractivity contribution < 1.29 is 18.0 Å². The Labute approximate surface area is 225 Å². The minimum Gasteiger partial charge on any atom is -0.351 e. The molecule has 0 saturated carbocycles. The van der Waals surface area contributed by atoms with Gasteiger partial charge in [-0.05, 0) is 73.9 Å². The van der Waals surface area contributed by atoms with Gasteiger partial charge in [-0.3, -0.25) is 9.59 Å². The minimum absolute atomic E-state index is 0.00265. The summed E-state index contributed by atoms with van der Waals surface area (Å²) in [5.74, 6) is 0.129. The Kier molecular flexibility index (Phi) is 9.71. The number of carbonyl (C=O) groups excluding carboxylic acids is 2. The lowest BCUT2D eigenvalue weighted by molar-refractivity contribution is -0.123. The molecular formula is C29H38N4O4S. The van der Waals surface area contributed by atoms with E-state index in [1.807, 2.05) is 54.6 Å². The van der Waals surface area contributed by atoms with Gasteiger partial charge in [0, 0.05) is 37.2 Å². The molecule has 3 N–H and O–H groups in total. The third-order valence-electron chi connectivity index (χ3n) is 7.52. The number of carbonyl (C=O) groups is 2. The van der Waals surface area contributed by atoms with Gasteiger partial charge in [-0.1, -0.05) is 49.0 Å². The van der Waals surface area contributed by atoms with E-state index in [0.29, 0.717) is 31.1 Å². The zero-order valence-electron chi connectivity index (χ0n) is 21.8. The van der Waals surface area contributed by atoms with Gasteiger partial charge >= 0.3 is 0 Å². The van der Waals surface area contributed by atoms with Crippen LogP contribution < -0.4 is 15.4 Å². The lowest BCUT2D eigenvalue weighted by Crippen LogP contribution is -2.35. The fourth-order valence-electron chi connectivity index (χ4n) is 5.28. The van der Waals surface area contributed by atoms with E-state index in [0.717, 1.165) is 55.3 Å². The van der Waals surface area contributed by atoms with Crippen molar-refractivity contribution >= 4 is 21.8 Å². The van der Waals surface area contributed by atoms with Gasteiger partial charge in [0.05, 0.1) is 5.92 Å². The number of rotatable bonds is 11. The molecule has 2 heterocycles. The van der Waals surface area contributed by atoms with Crippen LogP contribution in [0.5, 0.6) is 0 Å². The number of amides is 2. The third kappa shape index (κ3) is 7.75. The fourth-order valence-corrected chi connectivity index (χ4v) is 5.86. The van der Waals surface area contributed by atoms with Crippen LogP contribution in [-0.2, 0) is 21.4 Å². The predicted molar refractivity (Wildman–Crippen MR) is 149 cm³/mol. The van der Waals surface area contributed by atoms with E-state index < -0.39 is 10.0 Å². The maximum absolute atomic E-state index is 13.3. The summed E-state index contributed by atoms with van der Waals surface area (Å²) in [4.78, 5) is 28.2. The van der Waals surface area contributed by atoms with E-state index in [1.54, 1.807) is 4.90 Å². The maximum atomic E-state index is 13.3. The van der Waals surface area contributed by atoms with Crippen molar-refractivity contribution in [3.63, 3.8) is 0 Å². The molecule has 8 nitrogen and oxygen atoms in total. The summed E-state index contributed by atoms with van der Waals surface area (Å²) in [6, 6.07) is 17.3. The number of sulfonamides is 1. The Morgan fingerprint density at radius 3 is 2.53 bits per heavy atom. The van der Waals surface area contributed by atoms with Crippen LogP contribution in [0, 0.1) is 11.8 Å². The average Bonchev–Trinajstić information content (AvgIpc) is 3.44. The number of likely N-dealkylation sites (tertiary alicyclic amines) is 1. The van der Waals surface area contributed by atoms with Crippen LogP contribution in [0.4, 0.5) is 0 Å². The van der Waals surface area contributed by atoms with E-state index in [9.17, 15) is 18.0 Å². The molecule has 3 atom stereocenters. The number of nitrogens with one attached hydrogen (secondary N) is 3. The molecule has 38 heavy (non-hydrogen) atoms. The monoisotopic (exact) mass is 538 g/mol. The summed E-state index contributed by atoms with van der Waals surface area (Å²) in [7, 11) is -3.47. The van der Waals surface area contributed by atoms with Crippen molar-refractivity contribution in [3.8, 4) is 0 Å². The first-order valence-electron chi connectivity index (χ1n) is 13.4. The molecule has 2 aliphatic heterocycles. The van der Waals surface area contributed by atoms with Gasteiger partial charge in [0.15, 0.2) is 0 Å². The van der Waals surface area contributed by atoms with E-state index in [2.05, 4.69) is 21.9 Å². The highest BCUT2D eigenvalue weighted by Gasteiger charge is 2.29. The highest BCUT2D eigenvalue weighted by molar-refractivity contribution is 7.92. The Bertz CT molecular complexity index is 1190. The molecule has 2 saturated heterocycles. The molecule has 9 heteroatoms. The highest BCUT2D eigenvalue weighted by atomic mass is 32.2. The van der Waals surface area contributed by atoms with E-state index in [4.69, 9.17) is 0 Å². The molecular weight excluding hydrogens is 500 g/mol. The topological polar surface area (TPSA) is 108 Å². The van der Waals surface area contributed by atoms with Crippen LogP contribution in [0.25, 0.3) is 0 Å². The first-order chi connectivity index (χ1) is 18.3. The Balaban J connectivity index is 1.40. The van der Waals surface area contributed by atoms with Crippen LogP contribution in [0.15, 0.2) is 66.6 Å². The molecule has 204 valence electrons. The Morgan fingerprint density at radius 1 is 1.08 bits per heavy atom. The maximum Gasteiger partial charge on any atom is 0.253 e. The highest BCUT2D eigenvalue weighted by Crippen LogP contribution is 2.29. The van der Waals surface area contributed by atoms with Crippen molar-refractivity contribution in [3.05, 3.63) is 83.3 Å².